The van der Waals surface area contributed by atoms with Gasteiger partial charge in [0.05, 0.1) is 0 Å². The lowest BCUT2D eigenvalue weighted by molar-refractivity contribution is 0.174. The van der Waals surface area contributed by atoms with E-state index in [1.54, 1.807) is 0 Å². The van der Waals surface area contributed by atoms with Crippen molar-refractivity contribution in [3.05, 3.63) is 18.2 Å². The fourth-order valence-electron chi connectivity index (χ4n) is 1.47. The quantitative estimate of drug-likeness (QED) is 0.309. The molecular formula is C11H16N4O2. The van der Waals surface area contributed by atoms with Crippen molar-refractivity contribution >= 4 is 11.6 Å². The number of nitrogens with two attached hydrogens (primary N) is 1. The zero-order valence-corrected chi connectivity index (χ0v) is 9.86. The second-order valence-electron chi connectivity index (χ2n) is 3.91. The van der Waals surface area contributed by atoms with Crippen LogP contribution in [0, 0.1) is 0 Å². The summed E-state index contributed by atoms with van der Waals surface area (Å²) >= 11 is 0. The van der Waals surface area contributed by atoms with E-state index in [2.05, 4.69) is 15.7 Å². The van der Waals surface area contributed by atoms with Gasteiger partial charge in [-0.2, -0.15) is 0 Å². The van der Waals surface area contributed by atoms with E-state index < -0.39 is 0 Å². The molecule has 0 spiro atoms. The van der Waals surface area contributed by atoms with E-state index in [4.69, 9.17) is 15.3 Å². The van der Waals surface area contributed by atoms with Crippen LogP contribution >= 0.6 is 0 Å². The first-order valence-electron chi connectivity index (χ1n) is 5.40. The van der Waals surface area contributed by atoms with Crippen LogP contribution in [0.3, 0.4) is 0 Å². The highest BCUT2D eigenvalue weighted by Crippen LogP contribution is 2.34. The van der Waals surface area contributed by atoms with Gasteiger partial charge >= 0.3 is 0 Å². The van der Waals surface area contributed by atoms with Gasteiger partial charge in [-0.15, -0.1) is 0 Å². The maximum atomic E-state index is 5.38. The topological polar surface area (TPSA) is 80.9 Å². The summed E-state index contributed by atoms with van der Waals surface area (Å²) < 4.78 is 10.5. The van der Waals surface area contributed by atoms with Crippen LogP contribution in [0.2, 0.25) is 0 Å². The van der Waals surface area contributed by atoms with E-state index in [1.807, 2.05) is 32.0 Å². The summed E-state index contributed by atoms with van der Waals surface area (Å²) in [6, 6.07) is 5.72. The summed E-state index contributed by atoms with van der Waals surface area (Å²) in [5.41, 5.74) is 3.36. The molecule has 17 heavy (non-hydrogen) atoms. The number of rotatable bonds is 2. The maximum Gasteiger partial charge on any atom is 0.231 e. The van der Waals surface area contributed by atoms with Gasteiger partial charge in [0.15, 0.2) is 11.5 Å². The Morgan fingerprint density at radius 1 is 1.35 bits per heavy atom. The largest absolute Gasteiger partial charge is 0.454 e. The zero-order valence-electron chi connectivity index (χ0n) is 9.86. The molecule has 1 aliphatic rings. The molecule has 2 rings (SSSR count). The number of aliphatic imine (C=N–C) groups is 1. The molecule has 0 amide bonds. The van der Waals surface area contributed by atoms with Gasteiger partial charge in [-0.05, 0) is 26.0 Å². The van der Waals surface area contributed by atoms with Crippen molar-refractivity contribution in [2.24, 2.45) is 10.8 Å². The van der Waals surface area contributed by atoms with Crippen LogP contribution in [0.1, 0.15) is 13.8 Å². The lowest BCUT2D eigenvalue weighted by atomic mass is 10.3. The van der Waals surface area contributed by atoms with Gasteiger partial charge in [0.25, 0.3) is 0 Å². The molecule has 0 aromatic heterocycles. The minimum atomic E-state index is 0.155. The van der Waals surface area contributed by atoms with Crippen molar-refractivity contribution in [3.8, 4) is 11.5 Å². The fourth-order valence-corrected chi connectivity index (χ4v) is 1.47. The number of nitrogens with zero attached hydrogens (tertiary/aromatic N) is 1. The van der Waals surface area contributed by atoms with Crippen molar-refractivity contribution in [1.82, 2.24) is 5.43 Å². The number of nitrogens with one attached hydrogen (secondary N) is 2. The predicted molar refractivity (Wildman–Crippen MR) is 66.1 cm³/mol. The van der Waals surface area contributed by atoms with Crippen molar-refractivity contribution in [2.45, 2.75) is 19.9 Å². The minimum Gasteiger partial charge on any atom is -0.454 e. The monoisotopic (exact) mass is 236 g/mol. The Kier molecular flexibility index (Phi) is 3.34. The molecule has 4 N–H and O–H groups in total. The van der Waals surface area contributed by atoms with Gasteiger partial charge in [0.2, 0.25) is 12.8 Å². The van der Waals surface area contributed by atoms with E-state index in [-0.39, 0.29) is 12.8 Å². The standard InChI is InChI=1S/C11H16N4O2/c1-7(2)13-11(15-12)14-8-3-4-9-10(5-8)17-6-16-9/h3-5,7H,6,12H2,1-2H3,(H2,13,14,15). The number of hydrazine groups is 1. The van der Waals surface area contributed by atoms with Crippen LogP contribution < -0.4 is 26.1 Å². The normalized spacial score (nSPS) is 14.0. The second kappa shape index (κ2) is 4.92. The smallest absolute Gasteiger partial charge is 0.231 e. The van der Waals surface area contributed by atoms with Gasteiger partial charge in [-0.1, -0.05) is 0 Å². The van der Waals surface area contributed by atoms with Gasteiger partial charge in [-0.3, -0.25) is 5.43 Å². The summed E-state index contributed by atoms with van der Waals surface area (Å²) in [5.74, 6) is 7.36. The summed E-state index contributed by atoms with van der Waals surface area (Å²) in [7, 11) is 0. The number of hydrogen-bond donors (Lipinski definition) is 3. The highest BCUT2D eigenvalue weighted by molar-refractivity contribution is 5.93. The molecule has 0 unspecified atom stereocenters. The molecular weight excluding hydrogens is 220 g/mol. The second-order valence-corrected chi connectivity index (χ2v) is 3.91. The lowest BCUT2D eigenvalue weighted by Gasteiger charge is -2.10. The minimum absolute atomic E-state index is 0.155. The first kappa shape index (κ1) is 11.5. The third kappa shape index (κ3) is 2.79. The van der Waals surface area contributed by atoms with Gasteiger partial charge < -0.3 is 14.8 Å². The van der Waals surface area contributed by atoms with Crippen molar-refractivity contribution in [2.75, 3.05) is 12.1 Å². The van der Waals surface area contributed by atoms with Crippen LogP contribution in [0.5, 0.6) is 11.5 Å². The molecule has 92 valence electrons. The Labute approximate surface area is 99.8 Å². The number of hydrogen-bond acceptors (Lipinski definition) is 4. The Morgan fingerprint density at radius 3 is 2.82 bits per heavy atom. The van der Waals surface area contributed by atoms with E-state index in [1.165, 1.54) is 0 Å². The predicted octanol–water partition coefficient (Wildman–Crippen LogP) is 1.05. The van der Waals surface area contributed by atoms with Crippen LogP contribution in [-0.2, 0) is 0 Å². The van der Waals surface area contributed by atoms with Crippen molar-refractivity contribution in [1.29, 1.82) is 0 Å². The average Bonchev–Trinajstić information content (AvgIpc) is 2.74. The maximum absolute atomic E-state index is 5.38. The van der Waals surface area contributed by atoms with E-state index in [0.717, 1.165) is 17.2 Å². The van der Waals surface area contributed by atoms with Crippen molar-refractivity contribution < 1.29 is 9.47 Å². The molecule has 0 atom stereocenters. The lowest BCUT2D eigenvalue weighted by Crippen LogP contribution is -2.36. The van der Waals surface area contributed by atoms with E-state index in [9.17, 15) is 0 Å². The molecule has 6 nitrogen and oxygen atoms in total. The van der Waals surface area contributed by atoms with Gasteiger partial charge in [-0.25, -0.2) is 10.8 Å². The molecule has 0 saturated heterocycles. The molecule has 0 saturated carbocycles. The first-order valence-corrected chi connectivity index (χ1v) is 5.40. The average molecular weight is 236 g/mol. The number of ether oxygens (including phenoxy) is 2. The number of benzene rings is 1. The van der Waals surface area contributed by atoms with Crippen LogP contribution in [-0.4, -0.2) is 18.8 Å². The third-order valence-corrected chi connectivity index (χ3v) is 2.16. The van der Waals surface area contributed by atoms with Crippen LogP contribution in [0.4, 0.5) is 5.69 Å². The number of guanidine groups is 1. The highest BCUT2D eigenvalue weighted by Gasteiger charge is 2.13. The van der Waals surface area contributed by atoms with E-state index in [0.29, 0.717) is 5.96 Å². The molecule has 0 aliphatic carbocycles. The zero-order chi connectivity index (χ0) is 12.3. The summed E-state index contributed by atoms with van der Waals surface area (Å²) in [6.07, 6.45) is 0. The SMILES string of the molecule is CC(C)N=C(NN)Nc1ccc2c(c1)OCO2. The number of anilines is 1. The Hall–Kier alpha value is -1.95. The van der Waals surface area contributed by atoms with Crippen LogP contribution in [0.25, 0.3) is 0 Å². The molecule has 6 heteroatoms. The molecule has 1 aromatic rings. The molecule has 0 bridgehead atoms. The van der Waals surface area contributed by atoms with Crippen molar-refractivity contribution in [3.63, 3.8) is 0 Å². The Bertz CT molecular complexity index is 431. The van der Waals surface area contributed by atoms with Gasteiger partial charge in [0.1, 0.15) is 0 Å². The summed E-state index contributed by atoms with van der Waals surface area (Å²) in [4.78, 5) is 4.28. The Balaban J connectivity index is 2.13. The molecule has 1 heterocycles. The van der Waals surface area contributed by atoms with Crippen LogP contribution in [0.15, 0.2) is 23.2 Å². The molecule has 0 radical (unpaired) electrons. The molecule has 0 fully saturated rings. The Morgan fingerprint density at radius 2 is 2.12 bits per heavy atom. The summed E-state index contributed by atoms with van der Waals surface area (Å²) in [6.45, 7) is 4.21. The molecule has 1 aromatic carbocycles. The highest BCUT2D eigenvalue weighted by atomic mass is 16.7. The van der Waals surface area contributed by atoms with Gasteiger partial charge in [0, 0.05) is 17.8 Å². The number of fused-ring (bicyclic) bond motifs is 1. The third-order valence-electron chi connectivity index (χ3n) is 2.16. The fraction of sp³-hybridized carbons (Fsp3) is 0.364. The molecule has 1 aliphatic heterocycles. The first-order chi connectivity index (χ1) is 8.19. The summed E-state index contributed by atoms with van der Waals surface area (Å²) in [5, 5.41) is 3.07. The van der Waals surface area contributed by atoms with E-state index >= 15 is 0 Å².